The van der Waals surface area contributed by atoms with E-state index in [4.69, 9.17) is 10.5 Å². The Bertz CT molecular complexity index is 297. The monoisotopic (exact) mass is 246 g/mol. The lowest BCUT2D eigenvalue weighted by molar-refractivity contribution is 0.0596. The maximum Gasteiger partial charge on any atom is 0.240 e. The van der Waals surface area contributed by atoms with Gasteiger partial charge in [0, 0.05) is 0 Å². The van der Waals surface area contributed by atoms with Crippen molar-refractivity contribution in [3.63, 3.8) is 0 Å². The maximum atomic E-state index is 5.41. The largest absolute Gasteiger partial charge is 0.366 e. The summed E-state index contributed by atoms with van der Waals surface area (Å²) in [6.45, 7) is 1.23. The molecule has 1 aliphatic rings. The van der Waals surface area contributed by atoms with Gasteiger partial charge in [-0.2, -0.15) is 4.98 Å². The Kier molecular flexibility index (Phi) is 2.50. The smallest absolute Gasteiger partial charge is 0.240 e. The fourth-order valence-corrected chi connectivity index (χ4v) is 1.38. The van der Waals surface area contributed by atoms with Crippen LogP contribution in [0.1, 0.15) is 12.8 Å². The van der Waals surface area contributed by atoms with Crippen LogP contribution in [-0.4, -0.2) is 21.4 Å². The van der Waals surface area contributed by atoms with Crippen LogP contribution in [0.4, 0.5) is 5.95 Å². The van der Waals surface area contributed by atoms with Crippen LogP contribution in [0.25, 0.3) is 0 Å². The highest BCUT2D eigenvalue weighted by molar-refractivity contribution is 9.10. The van der Waals surface area contributed by atoms with Gasteiger partial charge >= 0.3 is 0 Å². The normalized spacial score (nSPS) is 16.4. The van der Waals surface area contributed by atoms with Gasteiger partial charge in [0.2, 0.25) is 5.95 Å². The Hall–Kier alpha value is -0.620. The van der Waals surface area contributed by atoms with E-state index < -0.39 is 0 Å². The maximum absolute atomic E-state index is 5.41. The molecule has 0 radical (unpaired) electrons. The summed E-state index contributed by atoms with van der Waals surface area (Å²) < 4.78 is 7.62. The molecule has 2 N–H and O–H groups in total. The molecule has 1 aromatic rings. The molecule has 0 unspecified atom stereocenters. The van der Waals surface area contributed by atoms with E-state index in [0.717, 1.165) is 12.5 Å². The van der Waals surface area contributed by atoms with E-state index in [1.165, 1.54) is 12.8 Å². The van der Waals surface area contributed by atoms with Crippen LogP contribution in [0.3, 0.4) is 0 Å². The van der Waals surface area contributed by atoms with Gasteiger partial charge in [-0.3, -0.25) is 0 Å². The van der Waals surface area contributed by atoms with Crippen molar-refractivity contribution in [2.24, 2.45) is 5.92 Å². The molecule has 5 nitrogen and oxygen atoms in total. The van der Waals surface area contributed by atoms with Crippen molar-refractivity contribution in [3.05, 3.63) is 4.73 Å². The molecule has 13 heavy (non-hydrogen) atoms. The molecular weight excluding hydrogens is 236 g/mol. The van der Waals surface area contributed by atoms with Gasteiger partial charge < -0.3 is 10.5 Å². The first-order valence-electron chi connectivity index (χ1n) is 4.19. The summed E-state index contributed by atoms with van der Waals surface area (Å²) in [6, 6.07) is 0. The molecule has 0 spiro atoms. The molecule has 1 fully saturated rings. The van der Waals surface area contributed by atoms with Crippen molar-refractivity contribution in [1.82, 2.24) is 14.8 Å². The van der Waals surface area contributed by atoms with E-state index in [9.17, 15) is 0 Å². The molecule has 1 aliphatic carbocycles. The Morgan fingerprint density at radius 1 is 1.62 bits per heavy atom. The van der Waals surface area contributed by atoms with E-state index in [2.05, 4.69) is 26.0 Å². The van der Waals surface area contributed by atoms with Gasteiger partial charge in [-0.25, -0.2) is 4.68 Å². The van der Waals surface area contributed by atoms with Gasteiger partial charge in [-0.05, 0) is 34.7 Å². The lowest BCUT2D eigenvalue weighted by Gasteiger charge is -2.02. The van der Waals surface area contributed by atoms with Gasteiger partial charge in [0.15, 0.2) is 4.73 Å². The zero-order valence-electron chi connectivity index (χ0n) is 7.11. The third-order valence-corrected chi connectivity index (χ3v) is 2.49. The minimum Gasteiger partial charge on any atom is -0.366 e. The highest BCUT2D eigenvalue weighted by atomic mass is 79.9. The first-order chi connectivity index (χ1) is 6.25. The number of hydrogen-bond acceptors (Lipinski definition) is 4. The molecular formula is C7H11BrN4O. The van der Waals surface area contributed by atoms with Crippen molar-refractivity contribution in [2.45, 2.75) is 19.6 Å². The van der Waals surface area contributed by atoms with Crippen LogP contribution in [0.2, 0.25) is 0 Å². The molecule has 0 aromatic carbocycles. The van der Waals surface area contributed by atoms with E-state index in [1.807, 2.05) is 0 Å². The summed E-state index contributed by atoms with van der Waals surface area (Å²) in [4.78, 5) is 3.89. The molecule has 0 saturated heterocycles. The average molecular weight is 247 g/mol. The summed E-state index contributed by atoms with van der Waals surface area (Å²) in [6.07, 6.45) is 2.58. The number of hydrogen-bond donors (Lipinski definition) is 1. The average Bonchev–Trinajstić information content (AvgIpc) is 2.81. The van der Waals surface area contributed by atoms with Crippen LogP contribution in [0, 0.1) is 5.92 Å². The molecule has 1 aromatic heterocycles. The number of nitrogens with zero attached hydrogens (tertiary/aromatic N) is 3. The lowest BCUT2D eigenvalue weighted by atomic mass is 10.5. The van der Waals surface area contributed by atoms with E-state index in [-0.39, 0.29) is 5.95 Å². The first-order valence-corrected chi connectivity index (χ1v) is 4.98. The second kappa shape index (κ2) is 3.63. The standard InChI is InChI=1S/C7H11BrN4O/c8-6-10-7(9)11-12(6)4-13-3-5-1-2-5/h5H,1-4H2,(H2,9,11). The molecule has 0 atom stereocenters. The van der Waals surface area contributed by atoms with Gasteiger partial charge in [0.1, 0.15) is 6.73 Å². The summed E-state index contributed by atoms with van der Waals surface area (Å²) in [5.41, 5.74) is 5.39. The van der Waals surface area contributed by atoms with Crippen molar-refractivity contribution in [2.75, 3.05) is 12.3 Å². The molecule has 0 amide bonds. The summed E-state index contributed by atoms with van der Waals surface area (Å²) >= 11 is 3.23. The van der Waals surface area contributed by atoms with Crippen molar-refractivity contribution >= 4 is 21.9 Å². The highest BCUT2D eigenvalue weighted by Gasteiger charge is 2.21. The SMILES string of the molecule is Nc1nc(Br)n(COCC2CC2)n1. The minimum atomic E-state index is 0.266. The predicted molar refractivity (Wildman–Crippen MR) is 50.8 cm³/mol. The molecule has 1 saturated carbocycles. The van der Waals surface area contributed by atoms with Crippen LogP contribution in [0.5, 0.6) is 0 Å². The lowest BCUT2D eigenvalue weighted by Crippen LogP contribution is -2.06. The molecule has 6 heteroatoms. The van der Waals surface area contributed by atoms with Crippen LogP contribution in [0.15, 0.2) is 4.73 Å². The summed E-state index contributed by atoms with van der Waals surface area (Å²) in [5, 5.41) is 3.94. The molecule has 0 aliphatic heterocycles. The predicted octanol–water partition coefficient (Wildman–Crippen LogP) is 1.01. The van der Waals surface area contributed by atoms with Crippen LogP contribution >= 0.6 is 15.9 Å². The molecule has 2 rings (SSSR count). The zero-order valence-corrected chi connectivity index (χ0v) is 8.70. The van der Waals surface area contributed by atoms with Crippen molar-refractivity contribution in [1.29, 1.82) is 0 Å². The number of nitrogen functional groups attached to an aromatic ring is 1. The summed E-state index contributed by atoms with van der Waals surface area (Å²) in [5.74, 6) is 1.03. The third-order valence-electron chi connectivity index (χ3n) is 1.91. The third kappa shape index (κ3) is 2.41. The number of anilines is 1. The van der Waals surface area contributed by atoms with Gasteiger partial charge in [-0.15, -0.1) is 5.10 Å². The topological polar surface area (TPSA) is 66.0 Å². The second-order valence-electron chi connectivity index (χ2n) is 3.18. The Morgan fingerprint density at radius 3 is 2.92 bits per heavy atom. The Labute approximate surface area is 84.4 Å². The highest BCUT2D eigenvalue weighted by Crippen LogP contribution is 2.28. The minimum absolute atomic E-state index is 0.266. The quantitative estimate of drug-likeness (QED) is 0.862. The second-order valence-corrected chi connectivity index (χ2v) is 3.89. The van der Waals surface area contributed by atoms with Crippen molar-refractivity contribution in [3.8, 4) is 0 Å². The zero-order chi connectivity index (χ0) is 9.26. The van der Waals surface area contributed by atoms with Crippen molar-refractivity contribution < 1.29 is 4.74 Å². The van der Waals surface area contributed by atoms with Crippen LogP contribution < -0.4 is 5.73 Å². The van der Waals surface area contributed by atoms with Gasteiger partial charge in [-0.1, -0.05) is 0 Å². The van der Waals surface area contributed by atoms with E-state index >= 15 is 0 Å². The number of rotatable bonds is 4. The van der Waals surface area contributed by atoms with Crippen LogP contribution in [-0.2, 0) is 11.5 Å². The first kappa shape index (κ1) is 8.96. The fourth-order valence-electron chi connectivity index (χ4n) is 1.01. The number of aromatic nitrogens is 3. The Morgan fingerprint density at radius 2 is 2.38 bits per heavy atom. The summed E-state index contributed by atoms with van der Waals surface area (Å²) in [7, 11) is 0. The molecule has 72 valence electrons. The molecule has 0 bridgehead atoms. The van der Waals surface area contributed by atoms with E-state index in [0.29, 0.717) is 11.5 Å². The number of halogens is 1. The number of ether oxygens (including phenoxy) is 1. The molecule has 1 heterocycles. The van der Waals surface area contributed by atoms with Gasteiger partial charge in [0.25, 0.3) is 0 Å². The van der Waals surface area contributed by atoms with Gasteiger partial charge in [0.05, 0.1) is 6.61 Å². The van der Waals surface area contributed by atoms with E-state index in [1.54, 1.807) is 4.68 Å². The fraction of sp³-hybridized carbons (Fsp3) is 0.714. The Balaban J connectivity index is 1.81. The number of nitrogens with two attached hydrogens (primary N) is 1.